The van der Waals surface area contributed by atoms with Crippen LogP contribution in [0.25, 0.3) is 0 Å². The van der Waals surface area contributed by atoms with Crippen LogP contribution in [0.15, 0.2) is 0 Å². The molecule has 1 amide bonds. The van der Waals surface area contributed by atoms with E-state index in [-0.39, 0.29) is 5.91 Å². The molecule has 0 bridgehead atoms. The van der Waals surface area contributed by atoms with Crippen molar-refractivity contribution >= 4 is 5.91 Å². The zero-order valence-electron chi connectivity index (χ0n) is 8.84. The molecule has 1 fully saturated rings. The quantitative estimate of drug-likeness (QED) is 0.709. The van der Waals surface area contributed by atoms with E-state index < -0.39 is 0 Å². The van der Waals surface area contributed by atoms with Gasteiger partial charge in [-0.1, -0.05) is 13.3 Å². The fourth-order valence-corrected chi connectivity index (χ4v) is 2.02. The lowest BCUT2D eigenvalue weighted by molar-refractivity contribution is -0.137. The van der Waals surface area contributed by atoms with Gasteiger partial charge in [0.05, 0.1) is 6.54 Å². The molecule has 1 N–H and O–H groups in total. The van der Waals surface area contributed by atoms with E-state index in [9.17, 15) is 4.79 Å². The minimum Gasteiger partial charge on any atom is -0.335 e. The van der Waals surface area contributed by atoms with Gasteiger partial charge in [-0.3, -0.25) is 4.79 Å². The van der Waals surface area contributed by atoms with Gasteiger partial charge in [0.25, 0.3) is 0 Å². The first-order chi connectivity index (χ1) is 6.16. The molecule has 1 aliphatic rings. The number of amides is 1. The molecule has 1 unspecified atom stereocenters. The van der Waals surface area contributed by atoms with Crippen LogP contribution in [0.4, 0.5) is 0 Å². The highest BCUT2D eigenvalue weighted by molar-refractivity contribution is 5.79. The summed E-state index contributed by atoms with van der Waals surface area (Å²) in [5, 5.41) is 3.16. The fourth-order valence-electron chi connectivity index (χ4n) is 2.02. The van der Waals surface area contributed by atoms with E-state index in [0.29, 0.717) is 18.6 Å². The predicted molar refractivity (Wildman–Crippen MR) is 53.5 cm³/mol. The second-order valence-corrected chi connectivity index (χ2v) is 3.97. The van der Waals surface area contributed by atoms with Gasteiger partial charge in [-0.25, -0.2) is 0 Å². The van der Waals surface area contributed by atoms with E-state index in [0.717, 1.165) is 19.4 Å². The molecule has 0 aromatic heterocycles. The number of carbonyl (C=O) groups excluding carboxylic acids is 1. The SMILES string of the molecule is CCCC1CNCC(=O)N1C(C)C. The number of nitrogens with zero attached hydrogens (tertiary/aromatic N) is 1. The molecular weight excluding hydrogens is 164 g/mol. The van der Waals surface area contributed by atoms with Crippen LogP contribution in [0.3, 0.4) is 0 Å². The molecule has 0 saturated carbocycles. The first-order valence-corrected chi connectivity index (χ1v) is 5.18. The van der Waals surface area contributed by atoms with Crippen molar-refractivity contribution < 1.29 is 4.79 Å². The minimum atomic E-state index is 0.250. The summed E-state index contributed by atoms with van der Waals surface area (Å²) < 4.78 is 0. The summed E-state index contributed by atoms with van der Waals surface area (Å²) in [6.45, 7) is 7.81. The number of piperazine rings is 1. The molecule has 0 spiro atoms. The summed E-state index contributed by atoms with van der Waals surface area (Å²) in [7, 11) is 0. The van der Waals surface area contributed by atoms with Crippen LogP contribution in [-0.2, 0) is 4.79 Å². The Morgan fingerprint density at radius 1 is 1.62 bits per heavy atom. The van der Waals surface area contributed by atoms with Gasteiger partial charge in [0.15, 0.2) is 0 Å². The first kappa shape index (κ1) is 10.5. The van der Waals surface area contributed by atoms with Gasteiger partial charge >= 0.3 is 0 Å². The number of hydrogen-bond donors (Lipinski definition) is 1. The van der Waals surface area contributed by atoms with E-state index in [1.807, 2.05) is 4.90 Å². The largest absolute Gasteiger partial charge is 0.335 e. The van der Waals surface area contributed by atoms with Gasteiger partial charge in [0.1, 0.15) is 0 Å². The Balaban J connectivity index is 2.62. The Bertz CT molecular complexity index is 178. The van der Waals surface area contributed by atoms with E-state index in [4.69, 9.17) is 0 Å². The van der Waals surface area contributed by atoms with Gasteiger partial charge in [0.2, 0.25) is 5.91 Å². The first-order valence-electron chi connectivity index (χ1n) is 5.18. The van der Waals surface area contributed by atoms with Crippen LogP contribution in [0.1, 0.15) is 33.6 Å². The normalized spacial score (nSPS) is 24.2. The van der Waals surface area contributed by atoms with Crippen molar-refractivity contribution in [1.82, 2.24) is 10.2 Å². The van der Waals surface area contributed by atoms with Gasteiger partial charge in [-0.15, -0.1) is 0 Å². The van der Waals surface area contributed by atoms with Gasteiger partial charge in [-0.05, 0) is 20.3 Å². The lowest BCUT2D eigenvalue weighted by Crippen LogP contribution is -2.57. The molecule has 0 aliphatic carbocycles. The summed E-state index contributed by atoms with van der Waals surface area (Å²) in [6.07, 6.45) is 2.25. The average molecular weight is 184 g/mol. The number of carbonyl (C=O) groups is 1. The second kappa shape index (κ2) is 4.61. The molecule has 0 aromatic carbocycles. The average Bonchev–Trinajstić information content (AvgIpc) is 2.04. The summed E-state index contributed by atoms with van der Waals surface area (Å²) in [6, 6.07) is 0.748. The van der Waals surface area contributed by atoms with Gasteiger partial charge < -0.3 is 10.2 Å². The summed E-state index contributed by atoms with van der Waals surface area (Å²) in [4.78, 5) is 13.6. The van der Waals surface area contributed by atoms with Crippen molar-refractivity contribution in [2.75, 3.05) is 13.1 Å². The molecule has 1 heterocycles. The second-order valence-electron chi connectivity index (χ2n) is 3.97. The smallest absolute Gasteiger partial charge is 0.237 e. The van der Waals surface area contributed by atoms with Crippen LogP contribution in [-0.4, -0.2) is 36.0 Å². The van der Waals surface area contributed by atoms with Crippen molar-refractivity contribution in [3.8, 4) is 0 Å². The molecule has 0 aromatic rings. The topological polar surface area (TPSA) is 32.3 Å². The van der Waals surface area contributed by atoms with Crippen LogP contribution in [0, 0.1) is 0 Å². The third-order valence-corrected chi connectivity index (χ3v) is 2.52. The van der Waals surface area contributed by atoms with Crippen molar-refractivity contribution in [2.45, 2.75) is 45.7 Å². The third kappa shape index (κ3) is 2.44. The highest BCUT2D eigenvalue weighted by atomic mass is 16.2. The lowest BCUT2D eigenvalue weighted by atomic mass is 10.1. The van der Waals surface area contributed by atoms with Crippen LogP contribution >= 0.6 is 0 Å². The fraction of sp³-hybridized carbons (Fsp3) is 0.900. The zero-order chi connectivity index (χ0) is 9.84. The summed E-state index contributed by atoms with van der Waals surface area (Å²) in [5.41, 5.74) is 0. The highest BCUT2D eigenvalue weighted by Gasteiger charge is 2.28. The Labute approximate surface area is 80.5 Å². The molecule has 0 radical (unpaired) electrons. The van der Waals surface area contributed by atoms with E-state index in [2.05, 4.69) is 26.1 Å². The number of rotatable bonds is 3. The van der Waals surface area contributed by atoms with Crippen molar-refractivity contribution in [2.24, 2.45) is 0 Å². The molecule has 13 heavy (non-hydrogen) atoms. The molecular formula is C10H20N2O. The Hall–Kier alpha value is -0.570. The highest BCUT2D eigenvalue weighted by Crippen LogP contribution is 2.13. The molecule has 1 atom stereocenters. The minimum absolute atomic E-state index is 0.250. The maximum absolute atomic E-state index is 11.6. The van der Waals surface area contributed by atoms with E-state index in [1.165, 1.54) is 0 Å². The Morgan fingerprint density at radius 2 is 2.31 bits per heavy atom. The van der Waals surface area contributed by atoms with Crippen molar-refractivity contribution in [1.29, 1.82) is 0 Å². The standard InChI is InChI=1S/C10H20N2O/c1-4-5-9-6-11-7-10(13)12(9)8(2)3/h8-9,11H,4-7H2,1-3H3. The molecule has 3 heteroatoms. The predicted octanol–water partition coefficient (Wildman–Crippen LogP) is 0.995. The van der Waals surface area contributed by atoms with Gasteiger partial charge in [0, 0.05) is 18.6 Å². The Kier molecular flexibility index (Phi) is 3.72. The third-order valence-electron chi connectivity index (χ3n) is 2.52. The molecule has 76 valence electrons. The molecule has 1 rings (SSSR count). The summed E-state index contributed by atoms with van der Waals surface area (Å²) >= 11 is 0. The molecule has 1 aliphatic heterocycles. The number of nitrogens with one attached hydrogen (secondary N) is 1. The Morgan fingerprint density at radius 3 is 2.85 bits per heavy atom. The monoisotopic (exact) mass is 184 g/mol. The van der Waals surface area contributed by atoms with E-state index >= 15 is 0 Å². The molecule has 1 saturated heterocycles. The van der Waals surface area contributed by atoms with E-state index in [1.54, 1.807) is 0 Å². The molecule has 3 nitrogen and oxygen atoms in total. The van der Waals surface area contributed by atoms with Crippen LogP contribution in [0.5, 0.6) is 0 Å². The van der Waals surface area contributed by atoms with Crippen molar-refractivity contribution in [3.05, 3.63) is 0 Å². The maximum atomic E-state index is 11.6. The lowest BCUT2D eigenvalue weighted by Gasteiger charge is -2.39. The van der Waals surface area contributed by atoms with Crippen molar-refractivity contribution in [3.63, 3.8) is 0 Å². The zero-order valence-corrected chi connectivity index (χ0v) is 8.84. The maximum Gasteiger partial charge on any atom is 0.237 e. The number of hydrogen-bond acceptors (Lipinski definition) is 2. The summed E-state index contributed by atoms with van der Waals surface area (Å²) in [5.74, 6) is 0.250. The van der Waals surface area contributed by atoms with Crippen LogP contribution in [0.2, 0.25) is 0 Å². The van der Waals surface area contributed by atoms with Crippen LogP contribution < -0.4 is 5.32 Å². The van der Waals surface area contributed by atoms with Gasteiger partial charge in [-0.2, -0.15) is 0 Å².